The Hall–Kier alpha value is -1.65. The van der Waals surface area contributed by atoms with Crippen LogP contribution in [0.25, 0.3) is 0 Å². The number of rotatable bonds is 1. The molecule has 4 rings (SSSR count). The minimum Gasteiger partial charge on any atom is -0.325 e. The Kier molecular flexibility index (Phi) is 2.91. The number of carbonyl (C=O) groups excluding carboxylic acids is 1. The van der Waals surface area contributed by atoms with Crippen molar-refractivity contribution in [3.05, 3.63) is 64.1 Å². The van der Waals surface area contributed by atoms with E-state index in [9.17, 15) is 4.79 Å². The monoisotopic (exact) mass is 342 g/mol. The molecule has 2 heterocycles. The highest BCUT2D eigenvalue weighted by molar-refractivity contribution is 9.10. The van der Waals surface area contributed by atoms with Crippen LogP contribution in [0.1, 0.15) is 23.6 Å². The highest BCUT2D eigenvalue weighted by Crippen LogP contribution is 2.50. The molecule has 1 amide bonds. The summed E-state index contributed by atoms with van der Waals surface area (Å²) < 4.78 is 1.05. The molecule has 0 aliphatic carbocycles. The number of benzene rings is 2. The van der Waals surface area contributed by atoms with Crippen LogP contribution < -0.4 is 10.6 Å². The predicted octanol–water partition coefficient (Wildman–Crippen LogP) is 3.37. The van der Waals surface area contributed by atoms with Crippen LogP contribution in [0, 0.1) is 0 Å². The van der Waals surface area contributed by atoms with Crippen molar-refractivity contribution in [1.29, 1.82) is 0 Å². The summed E-state index contributed by atoms with van der Waals surface area (Å²) >= 11 is 3.47. The lowest BCUT2D eigenvalue weighted by Crippen LogP contribution is -2.39. The number of nitrogens with one attached hydrogen (secondary N) is 2. The second-order valence-electron chi connectivity index (χ2n) is 5.66. The van der Waals surface area contributed by atoms with Gasteiger partial charge in [0.2, 0.25) is 5.91 Å². The van der Waals surface area contributed by atoms with E-state index < -0.39 is 5.41 Å². The molecular weight excluding hydrogens is 328 g/mol. The molecule has 3 nitrogen and oxygen atoms in total. The van der Waals surface area contributed by atoms with Crippen molar-refractivity contribution >= 4 is 27.5 Å². The van der Waals surface area contributed by atoms with Gasteiger partial charge >= 0.3 is 0 Å². The van der Waals surface area contributed by atoms with Crippen molar-refractivity contribution in [3.8, 4) is 0 Å². The fourth-order valence-electron chi connectivity index (χ4n) is 3.66. The quantitative estimate of drug-likeness (QED) is 0.834. The van der Waals surface area contributed by atoms with Crippen molar-refractivity contribution in [2.45, 2.75) is 17.9 Å². The van der Waals surface area contributed by atoms with E-state index in [0.717, 1.165) is 34.3 Å². The Balaban J connectivity index is 1.86. The lowest BCUT2D eigenvalue weighted by Gasteiger charge is -2.29. The molecule has 0 unspecified atom stereocenters. The summed E-state index contributed by atoms with van der Waals surface area (Å²) in [4.78, 5) is 12.7. The van der Waals surface area contributed by atoms with E-state index in [1.807, 2.05) is 30.3 Å². The minimum atomic E-state index is -0.482. The molecule has 0 aromatic heterocycles. The molecule has 1 spiro atoms. The molecule has 1 saturated heterocycles. The van der Waals surface area contributed by atoms with E-state index in [-0.39, 0.29) is 11.9 Å². The Morgan fingerprint density at radius 2 is 1.86 bits per heavy atom. The van der Waals surface area contributed by atoms with Crippen molar-refractivity contribution < 1.29 is 4.79 Å². The van der Waals surface area contributed by atoms with Gasteiger partial charge in [0.15, 0.2) is 0 Å². The third-order valence-electron chi connectivity index (χ3n) is 4.63. The largest absolute Gasteiger partial charge is 0.325 e. The Morgan fingerprint density at radius 3 is 2.67 bits per heavy atom. The Morgan fingerprint density at radius 1 is 1.10 bits per heavy atom. The Labute approximate surface area is 131 Å². The van der Waals surface area contributed by atoms with Crippen LogP contribution >= 0.6 is 15.9 Å². The van der Waals surface area contributed by atoms with Crippen LogP contribution in [0.2, 0.25) is 0 Å². The standard InChI is InChI=1S/C17H15BrN2O/c18-12-7-5-11(6-8-12)15-17(9-10-19-15)13-3-1-2-4-14(13)20-16(17)21/h1-8,15,19H,9-10H2,(H,20,21)/t15-,17-/m0/s1. The predicted molar refractivity (Wildman–Crippen MR) is 86.3 cm³/mol. The van der Waals surface area contributed by atoms with E-state index in [0.29, 0.717) is 0 Å². The number of fused-ring (bicyclic) bond motifs is 2. The number of anilines is 1. The van der Waals surface area contributed by atoms with Gasteiger partial charge in [-0.2, -0.15) is 0 Å². The summed E-state index contributed by atoms with van der Waals surface area (Å²) in [6, 6.07) is 16.3. The van der Waals surface area contributed by atoms with E-state index in [4.69, 9.17) is 0 Å². The van der Waals surface area contributed by atoms with Crippen LogP contribution in [0.3, 0.4) is 0 Å². The Bertz CT molecular complexity index is 713. The molecule has 4 heteroatoms. The van der Waals surface area contributed by atoms with Crippen LogP contribution in [0.15, 0.2) is 53.0 Å². The molecule has 2 atom stereocenters. The van der Waals surface area contributed by atoms with E-state index in [2.05, 4.69) is 44.8 Å². The molecule has 1 fully saturated rings. The number of carbonyl (C=O) groups is 1. The zero-order valence-corrected chi connectivity index (χ0v) is 13.0. The maximum atomic E-state index is 12.7. The number of para-hydroxylation sites is 1. The van der Waals surface area contributed by atoms with Gasteiger partial charge in [0.1, 0.15) is 0 Å². The van der Waals surface area contributed by atoms with Gasteiger partial charge < -0.3 is 10.6 Å². The molecule has 21 heavy (non-hydrogen) atoms. The normalized spacial score (nSPS) is 26.9. The van der Waals surface area contributed by atoms with E-state index >= 15 is 0 Å². The number of amides is 1. The lowest BCUT2D eigenvalue weighted by atomic mass is 9.73. The molecule has 2 aromatic carbocycles. The lowest BCUT2D eigenvalue weighted by molar-refractivity contribution is -0.121. The van der Waals surface area contributed by atoms with Crippen LogP contribution in [0.5, 0.6) is 0 Å². The molecule has 106 valence electrons. The van der Waals surface area contributed by atoms with E-state index in [1.54, 1.807) is 0 Å². The molecule has 0 radical (unpaired) electrons. The van der Waals surface area contributed by atoms with Crippen LogP contribution in [-0.4, -0.2) is 12.5 Å². The van der Waals surface area contributed by atoms with Gasteiger partial charge in [0, 0.05) is 10.2 Å². The summed E-state index contributed by atoms with van der Waals surface area (Å²) in [7, 11) is 0. The van der Waals surface area contributed by atoms with Crippen molar-refractivity contribution in [1.82, 2.24) is 5.32 Å². The van der Waals surface area contributed by atoms with Crippen molar-refractivity contribution in [3.63, 3.8) is 0 Å². The number of hydrogen-bond acceptors (Lipinski definition) is 2. The average Bonchev–Trinajstić information content (AvgIpc) is 3.05. The topological polar surface area (TPSA) is 41.1 Å². The molecule has 2 aliphatic rings. The summed E-state index contributed by atoms with van der Waals surface area (Å²) in [6.07, 6.45) is 0.830. The van der Waals surface area contributed by atoms with Gasteiger partial charge in [-0.05, 0) is 42.3 Å². The summed E-state index contributed by atoms with van der Waals surface area (Å²) in [5.41, 5.74) is 2.74. The second-order valence-corrected chi connectivity index (χ2v) is 6.58. The third kappa shape index (κ3) is 1.79. The fraction of sp³-hybridized carbons (Fsp3) is 0.235. The highest BCUT2D eigenvalue weighted by atomic mass is 79.9. The van der Waals surface area contributed by atoms with Gasteiger partial charge in [-0.15, -0.1) is 0 Å². The maximum absolute atomic E-state index is 12.7. The van der Waals surface area contributed by atoms with Gasteiger partial charge in [0.25, 0.3) is 0 Å². The smallest absolute Gasteiger partial charge is 0.237 e. The first kappa shape index (κ1) is 13.0. The van der Waals surface area contributed by atoms with Crippen LogP contribution in [-0.2, 0) is 10.2 Å². The molecule has 2 aromatic rings. The molecule has 0 saturated carbocycles. The first-order valence-electron chi connectivity index (χ1n) is 7.11. The number of hydrogen-bond donors (Lipinski definition) is 2. The maximum Gasteiger partial charge on any atom is 0.237 e. The summed E-state index contributed by atoms with van der Waals surface area (Å²) in [5, 5.41) is 6.57. The summed E-state index contributed by atoms with van der Waals surface area (Å²) in [5.74, 6) is 0.113. The van der Waals surface area contributed by atoms with Gasteiger partial charge in [-0.1, -0.05) is 46.3 Å². The van der Waals surface area contributed by atoms with Crippen molar-refractivity contribution in [2.75, 3.05) is 11.9 Å². The van der Waals surface area contributed by atoms with Crippen LogP contribution in [0.4, 0.5) is 5.69 Å². The third-order valence-corrected chi connectivity index (χ3v) is 5.15. The zero-order chi connectivity index (χ0) is 14.4. The fourth-order valence-corrected chi connectivity index (χ4v) is 3.93. The number of halogens is 1. The second kappa shape index (κ2) is 4.68. The van der Waals surface area contributed by atoms with E-state index in [1.165, 1.54) is 0 Å². The first-order valence-corrected chi connectivity index (χ1v) is 7.91. The molecule has 2 aliphatic heterocycles. The van der Waals surface area contributed by atoms with Gasteiger partial charge in [-0.25, -0.2) is 0 Å². The average molecular weight is 343 g/mol. The molecular formula is C17H15BrN2O. The van der Waals surface area contributed by atoms with Crippen molar-refractivity contribution in [2.24, 2.45) is 0 Å². The summed E-state index contributed by atoms with van der Waals surface area (Å²) in [6.45, 7) is 0.850. The zero-order valence-electron chi connectivity index (χ0n) is 11.4. The first-order chi connectivity index (χ1) is 10.2. The van der Waals surface area contributed by atoms with Gasteiger partial charge in [-0.3, -0.25) is 4.79 Å². The van der Waals surface area contributed by atoms with Gasteiger partial charge in [0.05, 0.1) is 11.5 Å². The molecule has 0 bridgehead atoms. The SMILES string of the molecule is O=C1Nc2ccccc2[C@]12CCN[C@H]2c1ccc(Br)cc1. The highest BCUT2D eigenvalue weighted by Gasteiger charge is 2.55. The molecule has 2 N–H and O–H groups in total. The minimum absolute atomic E-state index is 0.0225.